The van der Waals surface area contributed by atoms with E-state index < -0.39 is 6.04 Å². The zero-order chi connectivity index (χ0) is 33.0. The highest BCUT2D eigenvalue weighted by molar-refractivity contribution is 7.07. The highest BCUT2D eigenvalue weighted by atomic mass is 32.1. The molecule has 1 aliphatic rings. The van der Waals surface area contributed by atoms with Gasteiger partial charge in [0.1, 0.15) is 30.0 Å². The zero-order valence-electron chi connectivity index (χ0n) is 26.6. The summed E-state index contributed by atoms with van der Waals surface area (Å²) in [5.41, 5.74) is 2.77. The molecule has 0 saturated carbocycles. The topological polar surface area (TPSA) is 91.6 Å². The smallest absolute Gasteiger partial charge is 0.271 e. The van der Waals surface area contributed by atoms with Crippen molar-refractivity contribution in [3.8, 4) is 23.0 Å². The number of carbonyl (C=O) groups is 1. The number of ether oxygens (including phenoxy) is 4. The average molecular weight is 646 g/mol. The Balaban J connectivity index is 1.61. The number of rotatable bonds is 11. The highest BCUT2D eigenvalue weighted by Gasteiger charge is 2.36. The number of hydrogen-bond acceptors (Lipinski definition) is 8. The first-order valence-electron chi connectivity index (χ1n) is 14.8. The lowest BCUT2D eigenvalue weighted by Crippen LogP contribution is -2.43. The third kappa shape index (κ3) is 6.41. The van der Waals surface area contributed by atoms with Crippen molar-refractivity contribution in [3.05, 3.63) is 114 Å². The Morgan fingerprint density at radius 2 is 1.65 bits per heavy atom. The summed E-state index contributed by atoms with van der Waals surface area (Å²) in [6.45, 7) is 6.87. The molecule has 240 valence electrons. The van der Waals surface area contributed by atoms with Crippen LogP contribution in [-0.2, 0) is 11.4 Å². The fourth-order valence-electron chi connectivity index (χ4n) is 5.41. The van der Waals surface area contributed by atoms with E-state index in [1.165, 1.54) is 30.6 Å². The molecule has 1 aromatic heterocycles. The molecule has 0 aliphatic carbocycles. The van der Waals surface area contributed by atoms with Gasteiger partial charge < -0.3 is 23.8 Å². The van der Waals surface area contributed by atoms with Crippen molar-refractivity contribution >= 4 is 23.3 Å². The first-order valence-corrected chi connectivity index (χ1v) is 15.6. The Labute approximate surface area is 270 Å². The predicted molar refractivity (Wildman–Crippen MR) is 175 cm³/mol. The average Bonchev–Trinajstić information content (AvgIpc) is 3.37. The second kappa shape index (κ2) is 14.0. The molecule has 5 rings (SSSR count). The third-order valence-corrected chi connectivity index (χ3v) is 8.81. The van der Waals surface area contributed by atoms with Crippen molar-refractivity contribution in [3.63, 3.8) is 0 Å². The molecule has 2 heterocycles. The van der Waals surface area contributed by atoms with Crippen LogP contribution in [-0.4, -0.2) is 49.8 Å². The summed E-state index contributed by atoms with van der Waals surface area (Å²) in [6.07, 6.45) is 1.77. The Morgan fingerprint density at radius 1 is 0.957 bits per heavy atom. The SMILES string of the molecule is CCN(CC)C(=O)C1=C(C)N=c2s/c(=C/c3ccc(OCc4ccc(F)cc4)c(OC)c3)c(=O)n2[C@@H]1c1cc(OC)ccc1OC. The fraction of sp³-hybridized carbons (Fsp3) is 0.286. The molecule has 1 aliphatic heterocycles. The molecule has 1 amide bonds. The van der Waals surface area contributed by atoms with E-state index >= 15 is 0 Å². The number of carbonyl (C=O) groups excluding carboxylic acids is 1. The van der Waals surface area contributed by atoms with E-state index in [0.717, 1.165) is 5.56 Å². The normalized spacial score (nSPS) is 14.4. The second-order valence-corrected chi connectivity index (χ2v) is 11.5. The number of hydrogen-bond donors (Lipinski definition) is 0. The number of nitrogens with zero attached hydrogens (tertiary/aromatic N) is 3. The van der Waals surface area contributed by atoms with E-state index in [0.29, 0.717) is 67.8 Å². The van der Waals surface area contributed by atoms with Gasteiger partial charge in [0, 0.05) is 18.7 Å². The Morgan fingerprint density at radius 3 is 2.30 bits per heavy atom. The molecule has 4 aromatic rings. The quantitative estimate of drug-likeness (QED) is 0.232. The maximum atomic E-state index is 14.2. The van der Waals surface area contributed by atoms with Crippen LogP contribution in [0.25, 0.3) is 6.08 Å². The first-order chi connectivity index (χ1) is 22.2. The molecule has 0 N–H and O–H groups in total. The van der Waals surface area contributed by atoms with E-state index in [9.17, 15) is 14.0 Å². The minimum Gasteiger partial charge on any atom is -0.497 e. The maximum Gasteiger partial charge on any atom is 0.271 e. The minimum absolute atomic E-state index is 0.198. The fourth-order valence-corrected chi connectivity index (χ4v) is 6.46. The van der Waals surface area contributed by atoms with E-state index in [2.05, 4.69) is 0 Å². The van der Waals surface area contributed by atoms with Crippen molar-refractivity contribution in [2.24, 2.45) is 4.99 Å². The zero-order valence-corrected chi connectivity index (χ0v) is 27.4. The number of halogens is 1. The van der Waals surface area contributed by atoms with Gasteiger partial charge in [-0.05, 0) is 80.4 Å². The number of methoxy groups -OCH3 is 3. The molecule has 0 spiro atoms. The molecule has 9 nitrogen and oxygen atoms in total. The van der Waals surface area contributed by atoms with E-state index in [-0.39, 0.29) is 23.9 Å². The standard InChI is InChI=1S/C35H36FN3O6S/c1-7-38(8-2)34(41)31-21(3)37-35-39(32(31)26-19-25(42-4)14-16-27(26)43-5)33(40)30(46-35)18-23-11-15-28(29(17-23)44-6)45-20-22-9-12-24(36)13-10-22/h9-19,32H,7-8,20H2,1-6H3/b30-18+/t32-/m1/s1. The van der Waals surface area contributed by atoms with E-state index in [1.807, 2.05) is 19.9 Å². The van der Waals surface area contributed by atoms with Gasteiger partial charge in [-0.3, -0.25) is 14.2 Å². The van der Waals surface area contributed by atoms with Gasteiger partial charge in [-0.15, -0.1) is 0 Å². The molecule has 0 unspecified atom stereocenters. The van der Waals surface area contributed by atoms with Crippen LogP contribution in [0.2, 0.25) is 0 Å². The number of fused-ring (bicyclic) bond motifs is 1. The summed E-state index contributed by atoms with van der Waals surface area (Å²) in [5.74, 6) is 1.55. The van der Waals surface area contributed by atoms with Gasteiger partial charge in [-0.1, -0.05) is 29.5 Å². The molecule has 0 saturated heterocycles. The molecular weight excluding hydrogens is 609 g/mol. The highest BCUT2D eigenvalue weighted by Crippen LogP contribution is 2.38. The van der Waals surface area contributed by atoms with Crippen LogP contribution >= 0.6 is 11.3 Å². The van der Waals surface area contributed by atoms with Crippen LogP contribution in [0.4, 0.5) is 4.39 Å². The van der Waals surface area contributed by atoms with Gasteiger partial charge in [0.2, 0.25) is 0 Å². The largest absolute Gasteiger partial charge is 0.497 e. The monoisotopic (exact) mass is 645 g/mol. The lowest BCUT2D eigenvalue weighted by atomic mass is 9.93. The molecule has 11 heteroatoms. The Kier molecular flexibility index (Phi) is 9.91. The van der Waals surface area contributed by atoms with Gasteiger partial charge in [0.25, 0.3) is 11.5 Å². The number of likely N-dealkylation sites (N-methyl/N-ethyl adjacent to an activating group) is 1. The van der Waals surface area contributed by atoms with Crippen molar-refractivity contribution in [2.45, 2.75) is 33.4 Å². The summed E-state index contributed by atoms with van der Waals surface area (Å²) >= 11 is 1.24. The first kappa shape index (κ1) is 32.5. The third-order valence-electron chi connectivity index (χ3n) is 7.83. The second-order valence-electron chi connectivity index (χ2n) is 10.5. The van der Waals surface area contributed by atoms with Crippen molar-refractivity contribution < 1.29 is 28.1 Å². The summed E-state index contributed by atoms with van der Waals surface area (Å²) in [4.78, 5) is 35.1. The molecule has 46 heavy (non-hydrogen) atoms. The lowest BCUT2D eigenvalue weighted by molar-refractivity contribution is -0.127. The van der Waals surface area contributed by atoms with Crippen LogP contribution in [0.3, 0.4) is 0 Å². The van der Waals surface area contributed by atoms with Crippen LogP contribution < -0.4 is 33.8 Å². The van der Waals surface area contributed by atoms with Crippen molar-refractivity contribution in [1.82, 2.24) is 9.47 Å². The number of thiazole rings is 1. The van der Waals surface area contributed by atoms with E-state index in [4.69, 9.17) is 23.9 Å². The summed E-state index contributed by atoms with van der Waals surface area (Å²) < 4.78 is 38.0. The molecule has 0 bridgehead atoms. The molecule has 1 atom stereocenters. The lowest BCUT2D eigenvalue weighted by Gasteiger charge is -2.30. The number of allylic oxidation sites excluding steroid dienone is 1. The van der Waals surface area contributed by atoms with Gasteiger partial charge in [0.05, 0.1) is 37.1 Å². The molecular formula is C35H36FN3O6S. The van der Waals surface area contributed by atoms with Crippen molar-refractivity contribution in [1.29, 1.82) is 0 Å². The number of benzene rings is 3. The minimum atomic E-state index is -0.798. The van der Waals surface area contributed by atoms with Gasteiger partial charge in [-0.2, -0.15) is 0 Å². The van der Waals surface area contributed by atoms with Crippen LogP contribution in [0.5, 0.6) is 23.0 Å². The van der Waals surface area contributed by atoms with Crippen LogP contribution in [0.1, 0.15) is 43.5 Å². The van der Waals surface area contributed by atoms with Gasteiger partial charge in [-0.25, -0.2) is 9.38 Å². The summed E-state index contributed by atoms with van der Waals surface area (Å²) in [6, 6.07) is 16.0. The molecule has 0 fully saturated rings. The molecule has 3 aromatic carbocycles. The van der Waals surface area contributed by atoms with E-state index in [1.54, 1.807) is 79.2 Å². The number of aromatic nitrogens is 1. The molecule has 0 radical (unpaired) electrons. The Hall–Kier alpha value is -4.90. The van der Waals surface area contributed by atoms with Gasteiger partial charge >= 0.3 is 0 Å². The summed E-state index contributed by atoms with van der Waals surface area (Å²) in [7, 11) is 4.65. The Bertz CT molecular complexity index is 1960. The number of amides is 1. The maximum absolute atomic E-state index is 14.2. The van der Waals surface area contributed by atoms with Crippen LogP contribution in [0, 0.1) is 5.82 Å². The van der Waals surface area contributed by atoms with Crippen molar-refractivity contribution in [2.75, 3.05) is 34.4 Å². The summed E-state index contributed by atoms with van der Waals surface area (Å²) in [5, 5.41) is 0. The van der Waals surface area contributed by atoms with Crippen LogP contribution in [0.15, 0.2) is 81.7 Å². The van der Waals surface area contributed by atoms with Gasteiger partial charge in [0.15, 0.2) is 16.3 Å². The predicted octanol–water partition coefficient (Wildman–Crippen LogP) is 4.85.